The zero-order chi connectivity index (χ0) is 13.8. The van der Waals surface area contributed by atoms with Gasteiger partial charge in [0.05, 0.1) is 6.10 Å². The lowest BCUT2D eigenvalue weighted by Gasteiger charge is -2.21. The number of nitrogens with zero attached hydrogens (tertiary/aromatic N) is 1. The van der Waals surface area contributed by atoms with E-state index in [0.29, 0.717) is 0 Å². The molecule has 5 heteroatoms. The van der Waals surface area contributed by atoms with Crippen LogP contribution in [0.2, 0.25) is 0 Å². The van der Waals surface area contributed by atoms with Crippen LogP contribution in [0.4, 0.5) is 0 Å². The summed E-state index contributed by atoms with van der Waals surface area (Å²) in [5.74, 6) is 1.63. The summed E-state index contributed by atoms with van der Waals surface area (Å²) in [7, 11) is 1.82. The maximum absolute atomic E-state index is 5.82. The van der Waals surface area contributed by atoms with Crippen molar-refractivity contribution < 1.29 is 4.74 Å². The first-order valence-electron chi connectivity index (χ1n) is 6.35. The SMILES string of the molecule is CNC1=NC(N)NC(c2ccc(OC(C)C)cc2)=C1. The fourth-order valence-electron chi connectivity index (χ4n) is 1.85. The van der Waals surface area contributed by atoms with Gasteiger partial charge in [0.2, 0.25) is 0 Å². The second-order valence-corrected chi connectivity index (χ2v) is 4.60. The Labute approximate surface area is 113 Å². The molecule has 1 atom stereocenters. The monoisotopic (exact) mass is 260 g/mol. The van der Waals surface area contributed by atoms with E-state index in [1.54, 1.807) is 0 Å². The van der Waals surface area contributed by atoms with E-state index in [2.05, 4.69) is 15.6 Å². The zero-order valence-corrected chi connectivity index (χ0v) is 11.5. The van der Waals surface area contributed by atoms with Gasteiger partial charge in [-0.05, 0) is 43.7 Å². The van der Waals surface area contributed by atoms with Crippen LogP contribution in [0.15, 0.2) is 35.3 Å². The highest BCUT2D eigenvalue weighted by atomic mass is 16.5. The summed E-state index contributed by atoms with van der Waals surface area (Å²) in [5.41, 5.74) is 7.82. The Morgan fingerprint density at radius 3 is 2.58 bits per heavy atom. The Hall–Kier alpha value is -2.01. The van der Waals surface area contributed by atoms with Crippen LogP contribution < -0.4 is 21.1 Å². The average Bonchev–Trinajstić information content (AvgIpc) is 2.38. The lowest BCUT2D eigenvalue weighted by atomic mass is 10.1. The van der Waals surface area contributed by atoms with Gasteiger partial charge in [0.15, 0.2) is 6.29 Å². The van der Waals surface area contributed by atoms with E-state index in [0.717, 1.165) is 22.8 Å². The maximum Gasteiger partial charge on any atom is 0.173 e. The van der Waals surface area contributed by atoms with Crippen LogP contribution in [-0.2, 0) is 0 Å². The Bertz CT molecular complexity index is 491. The molecule has 1 aliphatic heterocycles. The summed E-state index contributed by atoms with van der Waals surface area (Å²) in [6.45, 7) is 4.02. The smallest absolute Gasteiger partial charge is 0.173 e. The summed E-state index contributed by atoms with van der Waals surface area (Å²) in [6, 6.07) is 7.91. The Balaban J connectivity index is 2.18. The number of likely N-dealkylation sites (N-methyl/N-ethyl adjacent to an activating group) is 1. The first-order chi connectivity index (χ1) is 9.08. The molecule has 0 spiro atoms. The number of nitrogens with one attached hydrogen (secondary N) is 2. The summed E-state index contributed by atoms with van der Waals surface area (Å²) in [4.78, 5) is 4.20. The second-order valence-electron chi connectivity index (χ2n) is 4.60. The van der Waals surface area contributed by atoms with Crippen molar-refractivity contribution >= 4 is 11.5 Å². The van der Waals surface area contributed by atoms with E-state index in [4.69, 9.17) is 10.5 Å². The molecule has 0 fully saturated rings. The number of amidine groups is 1. The minimum Gasteiger partial charge on any atom is -0.491 e. The Morgan fingerprint density at radius 2 is 2.00 bits per heavy atom. The molecule has 0 amide bonds. The average molecular weight is 260 g/mol. The normalized spacial score (nSPS) is 18.5. The number of benzene rings is 1. The molecule has 1 unspecified atom stereocenters. The number of nitrogens with two attached hydrogens (primary N) is 1. The van der Waals surface area contributed by atoms with Gasteiger partial charge in [0, 0.05) is 18.8 Å². The molecule has 0 saturated heterocycles. The third-order valence-electron chi connectivity index (χ3n) is 2.66. The standard InChI is InChI=1S/C14H20N4O/c1-9(2)19-11-6-4-10(5-7-11)12-8-13(16-3)18-14(15)17-12/h4-9,14,17H,15H2,1-3H3,(H,16,18). The number of hydrogen-bond acceptors (Lipinski definition) is 5. The summed E-state index contributed by atoms with van der Waals surface area (Å²) in [5, 5.41) is 6.13. The van der Waals surface area contributed by atoms with Gasteiger partial charge in [-0.15, -0.1) is 0 Å². The highest BCUT2D eigenvalue weighted by Crippen LogP contribution is 2.19. The van der Waals surface area contributed by atoms with Crippen LogP contribution in [0.1, 0.15) is 19.4 Å². The molecule has 1 aromatic rings. The molecule has 5 nitrogen and oxygen atoms in total. The molecule has 1 aliphatic rings. The van der Waals surface area contributed by atoms with E-state index in [9.17, 15) is 0 Å². The largest absolute Gasteiger partial charge is 0.491 e. The molecular formula is C14H20N4O. The molecule has 102 valence electrons. The maximum atomic E-state index is 5.82. The van der Waals surface area contributed by atoms with Gasteiger partial charge in [0.25, 0.3) is 0 Å². The number of rotatable bonds is 3. The first-order valence-corrected chi connectivity index (χ1v) is 6.35. The number of ether oxygens (including phenoxy) is 1. The fourth-order valence-corrected chi connectivity index (χ4v) is 1.85. The van der Waals surface area contributed by atoms with Gasteiger partial charge < -0.3 is 15.4 Å². The minimum absolute atomic E-state index is 0.175. The van der Waals surface area contributed by atoms with Crippen molar-refractivity contribution in [1.29, 1.82) is 0 Å². The van der Waals surface area contributed by atoms with E-state index >= 15 is 0 Å². The van der Waals surface area contributed by atoms with Crippen LogP contribution in [0, 0.1) is 0 Å². The summed E-state index contributed by atoms with van der Waals surface area (Å²) in [6.07, 6.45) is 1.69. The third kappa shape index (κ3) is 3.48. The van der Waals surface area contributed by atoms with Crippen LogP contribution in [-0.4, -0.2) is 25.3 Å². The second kappa shape index (κ2) is 5.75. The molecule has 2 rings (SSSR count). The van der Waals surface area contributed by atoms with Crippen molar-refractivity contribution in [2.75, 3.05) is 7.05 Å². The molecule has 19 heavy (non-hydrogen) atoms. The van der Waals surface area contributed by atoms with Gasteiger partial charge in [-0.25, -0.2) is 4.99 Å². The molecule has 0 radical (unpaired) electrons. The van der Waals surface area contributed by atoms with Crippen LogP contribution in [0.5, 0.6) is 5.75 Å². The molecule has 0 bridgehead atoms. The van der Waals surface area contributed by atoms with Crippen LogP contribution in [0.3, 0.4) is 0 Å². The van der Waals surface area contributed by atoms with E-state index < -0.39 is 6.29 Å². The quantitative estimate of drug-likeness (QED) is 0.765. The van der Waals surface area contributed by atoms with Crippen molar-refractivity contribution in [3.8, 4) is 5.75 Å². The zero-order valence-electron chi connectivity index (χ0n) is 11.5. The van der Waals surface area contributed by atoms with Crippen molar-refractivity contribution in [3.05, 3.63) is 35.9 Å². The first kappa shape index (κ1) is 13.4. The lowest BCUT2D eigenvalue weighted by Crippen LogP contribution is -2.40. The molecular weight excluding hydrogens is 240 g/mol. The van der Waals surface area contributed by atoms with E-state index in [-0.39, 0.29) is 6.10 Å². The molecule has 1 heterocycles. The van der Waals surface area contributed by atoms with Gasteiger partial charge in [-0.2, -0.15) is 0 Å². The van der Waals surface area contributed by atoms with E-state index in [1.165, 1.54) is 0 Å². The van der Waals surface area contributed by atoms with Crippen molar-refractivity contribution in [2.24, 2.45) is 10.7 Å². The van der Waals surface area contributed by atoms with Crippen LogP contribution in [0.25, 0.3) is 5.70 Å². The van der Waals surface area contributed by atoms with Gasteiger partial charge in [0.1, 0.15) is 11.6 Å². The van der Waals surface area contributed by atoms with Gasteiger partial charge >= 0.3 is 0 Å². The predicted molar refractivity (Wildman–Crippen MR) is 77.8 cm³/mol. The van der Waals surface area contributed by atoms with Gasteiger partial charge in [-0.3, -0.25) is 5.73 Å². The van der Waals surface area contributed by atoms with Crippen molar-refractivity contribution in [3.63, 3.8) is 0 Å². The highest BCUT2D eigenvalue weighted by molar-refractivity contribution is 6.00. The van der Waals surface area contributed by atoms with Crippen molar-refractivity contribution in [1.82, 2.24) is 10.6 Å². The highest BCUT2D eigenvalue weighted by Gasteiger charge is 2.12. The third-order valence-corrected chi connectivity index (χ3v) is 2.66. The molecule has 0 aliphatic carbocycles. The summed E-state index contributed by atoms with van der Waals surface area (Å²) >= 11 is 0. The van der Waals surface area contributed by atoms with Crippen LogP contribution >= 0.6 is 0 Å². The fraction of sp³-hybridized carbons (Fsp3) is 0.357. The molecule has 0 saturated carbocycles. The predicted octanol–water partition coefficient (Wildman–Crippen LogP) is 1.28. The van der Waals surface area contributed by atoms with Gasteiger partial charge in [-0.1, -0.05) is 0 Å². The Morgan fingerprint density at radius 1 is 1.32 bits per heavy atom. The Kier molecular flexibility index (Phi) is 4.06. The number of aliphatic imine (C=N–C) groups is 1. The lowest BCUT2D eigenvalue weighted by molar-refractivity contribution is 0.242. The topological polar surface area (TPSA) is 71.7 Å². The van der Waals surface area contributed by atoms with E-state index in [1.807, 2.05) is 51.2 Å². The summed E-state index contributed by atoms with van der Waals surface area (Å²) < 4.78 is 5.62. The van der Waals surface area contributed by atoms with Crippen molar-refractivity contribution in [2.45, 2.75) is 26.2 Å². The molecule has 0 aromatic heterocycles. The molecule has 1 aromatic carbocycles. The minimum atomic E-state index is -0.422. The number of hydrogen-bond donors (Lipinski definition) is 3. The molecule has 4 N–H and O–H groups in total.